The second kappa shape index (κ2) is 9.79. The van der Waals surface area contributed by atoms with Crippen LogP contribution in [0.2, 0.25) is 0 Å². The number of hydrogen-bond acceptors (Lipinski definition) is 9. The molecule has 2 saturated heterocycles. The molecule has 2 aromatic heterocycles. The van der Waals surface area contributed by atoms with Crippen molar-refractivity contribution in [3.05, 3.63) is 42.7 Å². The van der Waals surface area contributed by atoms with Gasteiger partial charge >= 0.3 is 0 Å². The van der Waals surface area contributed by atoms with Crippen LogP contribution in [0.4, 0.5) is 11.5 Å². The highest BCUT2D eigenvalue weighted by Crippen LogP contribution is 2.27. The highest BCUT2D eigenvalue weighted by atomic mass is 32.2. The SMILES string of the molecule is CS(=O)(=O)N1CCOC(CNc2nc(-c3ccc(N4CCNCC4)cc3)cc3nccnc23)C1. The first kappa shape index (κ1) is 22.9. The maximum atomic E-state index is 11.9. The van der Waals surface area contributed by atoms with E-state index in [0.717, 1.165) is 43.0 Å². The maximum absolute atomic E-state index is 11.9. The Balaban J connectivity index is 1.37. The van der Waals surface area contributed by atoms with Crippen LogP contribution in [-0.2, 0) is 14.8 Å². The van der Waals surface area contributed by atoms with Gasteiger partial charge in [0.15, 0.2) is 5.82 Å². The van der Waals surface area contributed by atoms with Gasteiger partial charge in [-0.25, -0.2) is 18.4 Å². The smallest absolute Gasteiger partial charge is 0.211 e. The standard InChI is InChI=1S/C23H29N7O3S/c1-34(31,32)30-12-13-33-19(16-30)15-27-23-22-21(25-6-7-26-22)14-20(28-23)17-2-4-18(5-3-17)29-10-8-24-9-11-29/h2-7,14,19,24H,8-13,15-16H2,1H3,(H,27,28). The molecule has 11 heteroatoms. The Morgan fingerprint density at radius 3 is 2.65 bits per heavy atom. The molecule has 0 amide bonds. The number of pyridine rings is 1. The highest BCUT2D eigenvalue weighted by Gasteiger charge is 2.26. The molecule has 34 heavy (non-hydrogen) atoms. The van der Waals surface area contributed by atoms with Gasteiger partial charge in [-0.15, -0.1) is 0 Å². The fourth-order valence-electron chi connectivity index (χ4n) is 4.34. The molecule has 180 valence electrons. The van der Waals surface area contributed by atoms with E-state index in [1.54, 1.807) is 12.4 Å². The molecule has 5 rings (SSSR count). The van der Waals surface area contributed by atoms with Gasteiger partial charge in [0.25, 0.3) is 0 Å². The number of hydrogen-bond donors (Lipinski definition) is 2. The van der Waals surface area contributed by atoms with Crippen LogP contribution in [0, 0.1) is 0 Å². The van der Waals surface area contributed by atoms with Gasteiger partial charge in [-0.1, -0.05) is 12.1 Å². The Bertz CT molecular complexity index is 1250. The molecular formula is C23H29N7O3S. The Morgan fingerprint density at radius 2 is 1.88 bits per heavy atom. The first-order valence-electron chi connectivity index (χ1n) is 11.5. The van der Waals surface area contributed by atoms with Crippen molar-refractivity contribution in [1.82, 2.24) is 24.6 Å². The van der Waals surface area contributed by atoms with Gasteiger partial charge in [0.2, 0.25) is 10.0 Å². The predicted molar refractivity (Wildman–Crippen MR) is 132 cm³/mol. The largest absolute Gasteiger partial charge is 0.374 e. The van der Waals surface area contributed by atoms with Crippen molar-refractivity contribution in [2.24, 2.45) is 0 Å². The molecule has 0 bridgehead atoms. The van der Waals surface area contributed by atoms with Crippen molar-refractivity contribution < 1.29 is 13.2 Å². The molecule has 0 radical (unpaired) electrons. The van der Waals surface area contributed by atoms with Crippen LogP contribution in [0.15, 0.2) is 42.7 Å². The normalized spacial score (nSPS) is 19.9. The number of nitrogens with zero attached hydrogens (tertiary/aromatic N) is 5. The van der Waals surface area contributed by atoms with Crippen molar-refractivity contribution >= 4 is 32.6 Å². The van der Waals surface area contributed by atoms with Gasteiger partial charge in [0.1, 0.15) is 5.52 Å². The van der Waals surface area contributed by atoms with Crippen LogP contribution in [0.25, 0.3) is 22.3 Å². The minimum atomic E-state index is -3.25. The average molecular weight is 484 g/mol. The van der Waals surface area contributed by atoms with Gasteiger partial charge in [0.05, 0.1) is 30.2 Å². The molecule has 2 fully saturated rings. The number of benzene rings is 1. The van der Waals surface area contributed by atoms with Crippen molar-refractivity contribution in [2.45, 2.75) is 6.10 Å². The number of aromatic nitrogens is 3. The summed E-state index contributed by atoms with van der Waals surface area (Å²) in [6, 6.07) is 10.4. The molecule has 2 aliphatic rings. The Hall–Kier alpha value is -2.86. The summed E-state index contributed by atoms with van der Waals surface area (Å²) in [6.45, 7) is 5.45. The summed E-state index contributed by atoms with van der Waals surface area (Å²) < 4.78 is 31.1. The van der Waals surface area contributed by atoms with Crippen LogP contribution < -0.4 is 15.5 Å². The van der Waals surface area contributed by atoms with E-state index < -0.39 is 10.0 Å². The summed E-state index contributed by atoms with van der Waals surface area (Å²) >= 11 is 0. The topological polar surface area (TPSA) is 113 Å². The zero-order valence-electron chi connectivity index (χ0n) is 19.1. The Kier molecular flexibility index (Phi) is 6.59. The zero-order valence-corrected chi connectivity index (χ0v) is 20.0. The van der Waals surface area contributed by atoms with Crippen LogP contribution in [0.5, 0.6) is 0 Å². The predicted octanol–water partition coefficient (Wildman–Crippen LogP) is 1.17. The number of rotatable bonds is 6. The number of fused-ring (bicyclic) bond motifs is 1. The molecule has 2 aliphatic heterocycles. The summed E-state index contributed by atoms with van der Waals surface area (Å²) in [6.07, 6.45) is 4.25. The number of sulfonamides is 1. The second-order valence-corrected chi connectivity index (χ2v) is 10.5. The maximum Gasteiger partial charge on any atom is 0.211 e. The fraction of sp³-hybridized carbons (Fsp3) is 0.435. The van der Waals surface area contributed by atoms with Crippen molar-refractivity contribution in [1.29, 1.82) is 0 Å². The molecule has 1 unspecified atom stereocenters. The van der Waals surface area contributed by atoms with Crippen molar-refractivity contribution in [2.75, 3.05) is 68.9 Å². The summed E-state index contributed by atoms with van der Waals surface area (Å²) in [5.41, 5.74) is 4.40. The molecule has 1 atom stereocenters. The Morgan fingerprint density at radius 1 is 1.12 bits per heavy atom. The number of anilines is 2. The van der Waals surface area contributed by atoms with Crippen LogP contribution >= 0.6 is 0 Å². The molecular weight excluding hydrogens is 454 g/mol. The monoisotopic (exact) mass is 483 g/mol. The summed E-state index contributed by atoms with van der Waals surface area (Å²) in [5, 5.41) is 6.70. The quantitative estimate of drug-likeness (QED) is 0.534. The van der Waals surface area contributed by atoms with E-state index >= 15 is 0 Å². The summed E-state index contributed by atoms with van der Waals surface area (Å²) in [7, 11) is -3.25. The van der Waals surface area contributed by atoms with Gasteiger partial charge in [0, 0.05) is 69.5 Å². The lowest BCUT2D eigenvalue weighted by Gasteiger charge is -2.31. The molecule has 0 aliphatic carbocycles. The average Bonchev–Trinajstić information content (AvgIpc) is 2.87. The van der Waals surface area contributed by atoms with E-state index in [9.17, 15) is 8.42 Å². The van der Waals surface area contributed by atoms with Crippen LogP contribution in [-0.4, -0.2) is 92.5 Å². The first-order chi connectivity index (χ1) is 16.5. The lowest BCUT2D eigenvalue weighted by atomic mass is 10.1. The second-order valence-electron chi connectivity index (χ2n) is 8.56. The molecule has 4 heterocycles. The molecule has 2 N–H and O–H groups in total. The minimum absolute atomic E-state index is 0.279. The number of piperazine rings is 1. The lowest BCUT2D eigenvalue weighted by Crippen LogP contribution is -2.47. The molecule has 1 aromatic carbocycles. The number of ether oxygens (including phenoxy) is 1. The summed E-state index contributed by atoms with van der Waals surface area (Å²) in [5.74, 6) is 0.604. The van der Waals surface area contributed by atoms with E-state index in [2.05, 4.69) is 49.8 Å². The van der Waals surface area contributed by atoms with Gasteiger partial charge in [-0.2, -0.15) is 4.31 Å². The van der Waals surface area contributed by atoms with E-state index in [1.807, 2.05) is 6.07 Å². The molecule has 0 saturated carbocycles. The van der Waals surface area contributed by atoms with Gasteiger partial charge < -0.3 is 20.3 Å². The van der Waals surface area contributed by atoms with E-state index in [0.29, 0.717) is 37.6 Å². The third-order valence-corrected chi connectivity index (χ3v) is 7.44. The van der Waals surface area contributed by atoms with E-state index in [1.165, 1.54) is 16.2 Å². The van der Waals surface area contributed by atoms with Crippen molar-refractivity contribution in [3.8, 4) is 11.3 Å². The van der Waals surface area contributed by atoms with Gasteiger partial charge in [-0.3, -0.25) is 4.98 Å². The third kappa shape index (κ3) is 5.12. The fourth-order valence-corrected chi connectivity index (χ4v) is 5.18. The van der Waals surface area contributed by atoms with Crippen LogP contribution in [0.3, 0.4) is 0 Å². The van der Waals surface area contributed by atoms with E-state index in [-0.39, 0.29) is 6.10 Å². The molecule has 0 spiro atoms. The first-order valence-corrected chi connectivity index (χ1v) is 13.3. The molecule has 10 nitrogen and oxygen atoms in total. The number of nitrogens with one attached hydrogen (secondary N) is 2. The third-order valence-electron chi connectivity index (χ3n) is 6.17. The lowest BCUT2D eigenvalue weighted by molar-refractivity contribution is 0.00702. The zero-order chi connectivity index (χ0) is 23.5. The number of morpholine rings is 1. The highest BCUT2D eigenvalue weighted by molar-refractivity contribution is 7.88. The minimum Gasteiger partial charge on any atom is -0.374 e. The Labute approximate surface area is 199 Å². The van der Waals surface area contributed by atoms with Crippen molar-refractivity contribution in [3.63, 3.8) is 0 Å². The van der Waals surface area contributed by atoms with Crippen LogP contribution in [0.1, 0.15) is 0 Å². The van der Waals surface area contributed by atoms with Gasteiger partial charge in [-0.05, 0) is 18.2 Å². The molecule has 3 aromatic rings. The van der Waals surface area contributed by atoms with E-state index in [4.69, 9.17) is 9.72 Å². The summed E-state index contributed by atoms with van der Waals surface area (Å²) in [4.78, 5) is 16.2.